The second kappa shape index (κ2) is 9.22. The van der Waals surface area contributed by atoms with Crippen LogP contribution in [-0.2, 0) is 14.3 Å². The van der Waals surface area contributed by atoms with Crippen LogP contribution in [0, 0.1) is 12.8 Å². The van der Waals surface area contributed by atoms with Crippen molar-refractivity contribution >= 4 is 34.2 Å². The first kappa shape index (κ1) is 19.9. The van der Waals surface area contributed by atoms with Crippen LogP contribution < -0.4 is 5.32 Å². The van der Waals surface area contributed by atoms with Crippen LogP contribution >= 0.6 is 11.3 Å². The Balaban J connectivity index is 3.18. The van der Waals surface area contributed by atoms with E-state index in [2.05, 4.69) is 11.9 Å². The maximum absolute atomic E-state index is 12.2. The summed E-state index contributed by atoms with van der Waals surface area (Å²) in [6.07, 6.45) is 1.77. The van der Waals surface area contributed by atoms with Gasteiger partial charge in [-0.1, -0.05) is 26.5 Å². The highest BCUT2D eigenvalue weighted by molar-refractivity contribution is 7.18. The zero-order chi connectivity index (χ0) is 18.3. The van der Waals surface area contributed by atoms with Crippen molar-refractivity contribution in [3.63, 3.8) is 0 Å². The van der Waals surface area contributed by atoms with Crippen molar-refractivity contribution in [1.29, 1.82) is 0 Å². The lowest BCUT2D eigenvalue weighted by atomic mass is 10.1. The zero-order valence-electron chi connectivity index (χ0n) is 14.4. The summed E-state index contributed by atoms with van der Waals surface area (Å²) in [6, 6.07) is 0. The van der Waals surface area contributed by atoms with E-state index in [0.29, 0.717) is 17.0 Å². The van der Waals surface area contributed by atoms with Crippen LogP contribution in [0.2, 0.25) is 0 Å². The predicted octanol–water partition coefficient (Wildman–Crippen LogP) is 3.56. The Morgan fingerprint density at radius 2 is 1.92 bits per heavy atom. The third kappa shape index (κ3) is 5.19. The third-order valence-corrected chi connectivity index (χ3v) is 4.18. The monoisotopic (exact) mass is 353 g/mol. The van der Waals surface area contributed by atoms with Crippen molar-refractivity contribution in [1.82, 2.24) is 0 Å². The molecule has 132 valence electrons. The highest BCUT2D eigenvalue weighted by atomic mass is 32.1. The largest absolute Gasteiger partial charge is 0.462 e. The number of nitrogens with one attached hydrogen (secondary N) is 1. The van der Waals surface area contributed by atoms with Gasteiger partial charge in [-0.25, -0.2) is 9.59 Å². The van der Waals surface area contributed by atoms with E-state index in [4.69, 9.17) is 9.47 Å². The molecule has 1 N–H and O–H groups in total. The molecule has 1 amide bonds. The molecule has 0 saturated carbocycles. The summed E-state index contributed by atoms with van der Waals surface area (Å²) in [5.41, 5.74) is 0.636. The molecular weight excluding hydrogens is 330 g/mol. The number of rotatable bonds is 8. The van der Waals surface area contributed by atoms with Gasteiger partial charge in [-0.2, -0.15) is 0 Å². The molecule has 1 rings (SSSR count). The Morgan fingerprint density at radius 3 is 2.46 bits per heavy atom. The van der Waals surface area contributed by atoms with Crippen molar-refractivity contribution in [2.24, 2.45) is 5.92 Å². The molecule has 0 saturated heterocycles. The van der Waals surface area contributed by atoms with E-state index >= 15 is 0 Å². The van der Waals surface area contributed by atoms with Gasteiger partial charge in [0, 0.05) is 6.42 Å². The Morgan fingerprint density at radius 1 is 1.25 bits per heavy atom. The molecule has 0 aliphatic rings. The standard InChI is InChI=1S/C17H23NO5S/c1-6-8-23-17(21)14-11(5)13(16(20)22-7-2)15(24-14)18-12(19)9-10(3)4/h6,10H,1,7-9H2,2-5H3,(H,18,19). The van der Waals surface area contributed by atoms with Crippen molar-refractivity contribution in [3.8, 4) is 0 Å². The molecule has 0 atom stereocenters. The highest BCUT2D eigenvalue weighted by Crippen LogP contribution is 2.34. The second-order valence-electron chi connectivity index (χ2n) is 5.51. The fourth-order valence-corrected chi connectivity index (χ4v) is 3.10. The Labute approximate surface area is 145 Å². The topological polar surface area (TPSA) is 81.7 Å². The molecule has 7 heteroatoms. The van der Waals surface area contributed by atoms with Gasteiger partial charge in [0.05, 0.1) is 12.2 Å². The average molecular weight is 353 g/mol. The van der Waals surface area contributed by atoms with Crippen LogP contribution in [0.15, 0.2) is 12.7 Å². The van der Waals surface area contributed by atoms with E-state index in [-0.39, 0.29) is 35.5 Å². The number of anilines is 1. The van der Waals surface area contributed by atoms with Gasteiger partial charge in [0.25, 0.3) is 0 Å². The highest BCUT2D eigenvalue weighted by Gasteiger charge is 2.27. The van der Waals surface area contributed by atoms with Crippen LogP contribution in [0.1, 0.15) is 52.8 Å². The number of esters is 2. The molecule has 1 aromatic rings. The molecule has 0 aromatic carbocycles. The average Bonchev–Trinajstić information content (AvgIpc) is 2.80. The predicted molar refractivity (Wildman–Crippen MR) is 93.6 cm³/mol. The minimum atomic E-state index is -0.575. The molecule has 0 aliphatic carbocycles. The molecule has 1 heterocycles. The fourth-order valence-electron chi connectivity index (χ4n) is 1.99. The van der Waals surface area contributed by atoms with E-state index in [9.17, 15) is 14.4 Å². The van der Waals surface area contributed by atoms with Crippen LogP contribution in [0.3, 0.4) is 0 Å². The number of thiophene rings is 1. The Bertz CT molecular complexity index is 633. The second-order valence-corrected chi connectivity index (χ2v) is 6.53. The van der Waals surface area contributed by atoms with Gasteiger partial charge in [-0.3, -0.25) is 4.79 Å². The molecule has 0 spiro atoms. The summed E-state index contributed by atoms with van der Waals surface area (Å²) < 4.78 is 10.1. The van der Waals surface area contributed by atoms with E-state index in [1.165, 1.54) is 6.08 Å². The van der Waals surface area contributed by atoms with Crippen LogP contribution in [-0.4, -0.2) is 31.1 Å². The summed E-state index contributed by atoms with van der Waals surface area (Å²) in [4.78, 5) is 36.6. The number of hydrogen-bond acceptors (Lipinski definition) is 6. The van der Waals surface area contributed by atoms with E-state index < -0.39 is 11.9 Å². The first-order valence-electron chi connectivity index (χ1n) is 7.70. The molecule has 0 aliphatic heterocycles. The number of hydrogen-bond donors (Lipinski definition) is 1. The van der Waals surface area contributed by atoms with Gasteiger partial charge >= 0.3 is 11.9 Å². The molecule has 6 nitrogen and oxygen atoms in total. The van der Waals surface area contributed by atoms with Crippen LogP contribution in [0.25, 0.3) is 0 Å². The Kier molecular flexibility index (Phi) is 7.64. The van der Waals surface area contributed by atoms with Gasteiger partial charge < -0.3 is 14.8 Å². The van der Waals surface area contributed by atoms with Crippen LogP contribution in [0.4, 0.5) is 5.00 Å². The fraction of sp³-hybridized carbons (Fsp3) is 0.471. The van der Waals surface area contributed by atoms with Gasteiger partial charge in [0.2, 0.25) is 5.91 Å². The normalized spacial score (nSPS) is 10.4. The quantitative estimate of drug-likeness (QED) is 0.571. The third-order valence-electron chi connectivity index (χ3n) is 2.99. The minimum absolute atomic E-state index is 0.0694. The first-order valence-corrected chi connectivity index (χ1v) is 8.51. The first-order chi connectivity index (χ1) is 11.3. The summed E-state index contributed by atoms with van der Waals surface area (Å²) in [6.45, 7) is 10.9. The molecular formula is C17H23NO5S. The summed E-state index contributed by atoms with van der Waals surface area (Å²) in [5.74, 6) is -1.18. The zero-order valence-corrected chi connectivity index (χ0v) is 15.2. The molecule has 1 aromatic heterocycles. The number of amides is 1. The molecule has 24 heavy (non-hydrogen) atoms. The van der Waals surface area contributed by atoms with E-state index in [0.717, 1.165) is 11.3 Å². The van der Waals surface area contributed by atoms with Crippen molar-refractivity contribution < 1.29 is 23.9 Å². The summed E-state index contributed by atoms with van der Waals surface area (Å²) in [5, 5.41) is 3.01. The van der Waals surface area contributed by atoms with Gasteiger partial charge in [-0.05, 0) is 25.3 Å². The number of ether oxygens (including phenoxy) is 2. The number of carbonyl (C=O) groups is 3. The van der Waals surface area contributed by atoms with E-state index in [1.807, 2.05) is 13.8 Å². The van der Waals surface area contributed by atoms with Gasteiger partial charge in [0.15, 0.2) is 0 Å². The maximum Gasteiger partial charge on any atom is 0.348 e. The van der Waals surface area contributed by atoms with Crippen LogP contribution in [0.5, 0.6) is 0 Å². The van der Waals surface area contributed by atoms with E-state index in [1.54, 1.807) is 13.8 Å². The lowest BCUT2D eigenvalue weighted by molar-refractivity contribution is -0.116. The maximum atomic E-state index is 12.2. The van der Waals surface area contributed by atoms with Crippen molar-refractivity contribution in [2.45, 2.75) is 34.1 Å². The van der Waals surface area contributed by atoms with Gasteiger partial charge in [-0.15, -0.1) is 11.3 Å². The number of carbonyl (C=O) groups excluding carboxylic acids is 3. The lowest BCUT2D eigenvalue weighted by Crippen LogP contribution is -2.16. The summed E-state index contributed by atoms with van der Waals surface area (Å²) >= 11 is 1.01. The molecule has 0 radical (unpaired) electrons. The molecule has 0 fully saturated rings. The Hall–Kier alpha value is -2.15. The van der Waals surface area contributed by atoms with Gasteiger partial charge in [0.1, 0.15) is 16.5 Å². The smallest absolute Gasteiger partial charge is 0.348 e. The molecule has 0 bridgehead atoms. The summed E-state index contributed by atoms with van der Waals surface area (Å²) in [7, 11) is 0. The van der Waals surface area contributed by atoms with Crippen molar-refractivity contribution in [2.75, 3.05) is 18.5 Å². The van der Waals surface area contributed by atoms with Crippen molar-refractivity contribution in [3.05, 3.63) is 28.7 Å². The minimum Gasteiger partial charge on any atom is -0.462 e. The lowest BCUT2D eigenvalue weighted by Gasteiger charge is -2.08. The molecule has 0 unspecified atom stereocenters. The SMILES string of the molecule is C=CCOC(=O)c1sc(NC(=O)CC(C)C)c(C(=O)OCC)c1C.